The topological polar surface area (TPSA) is 86.8 Å². The van der Waals surface area contributed by atoms with E-state index in [2.05, 4.69) is 5.32 Å². The van der Waals surface area contributed by atoms with Gasteiger partial charge < -0.3 is 10.2 Å². The second-order valence-electron chi connectivity index (χ2n) is 11.9. The van der Waals surface area contributed by atoms with Crippen molar-refractivity contribution < 1.29 is 18.0 Å². The highest BCUT2D eigenvalue weighted by molar-refractivity contribution is 7.98. The minimum absolute atomic E-state index is 0.0828. The number of anilines is 1. The van der Waals surface area contributed by atoms with Crippen LogP contribution in [0, 0.1) is 19.8 Å². The SMILES string of the molecule is CSc1ccc(S(=O)(=O)N(CC(=O)N(Cc2cccc(C)c2)[C@H](Cc2ccccc2)C(=O)NCC(C)C)c2ccc(C)cc2)cc1. The Hall–Kier alpha value is -4.08. The number of hydrogen-bond acceptors (Lipinski definition) is 5. The van der Waals surface area contributed by atoms with Crippen LogP contribution in [0.25, 0.3) is 0 Å². The lowest BCUT2D eigenvalue weighted by molar-refractivity contribution is -0.140. The molecule has 4 rings (SSSR count). The number of thioether (sulfide) groups is 1. The van der Waals surface area contributed by atoms with Gasteiger partial charge in [0.2, 0.25) is 11.8 Å². The lowest BCUT2D eigenvalue weighted by Gasteiger charge is -2.34. The zero-order valence-electron chi connectivity index (χ0n) is 27.1. The van der Waals surface area contributed by atoms with Crippen molar-refractivity contribution in [3.05, 3.63) is 125 Å². The third-order valence-corrected chi connectivity index (χ3v) is 10.2. The molecule has 4 aromatic carbocycles. The molecule has 0 aliphatic heterocycles. The third kappa shape index (κ3) is 9.23. The van der Waals surface area contributed by atoms with Gasteiger partial charge >= 0.3 is 0 Å². The quantitative estimate of drug-likeness (QED) is 0.154. The van der Waals surface area contributed by atoms with E-state index in [1.54, 1.807) is 36.4 Å². The number of benzene rings is 4. The molecule has 0 aliphatic rings. The highest BCUT2D eigenvalue weighted by Gasteiger charge is 2.34. The summed E-state index contributed by atoms with van der Waals surface area (Å²) in [5.74, 6) is -0.551. The minimum Gasteiger partial charge on any atom is -0.354 e. The van der Waals surface area contributed by atoms with Crippen molar-refractivity contribution in [1.82, 2.24) is 10.2 Å². The number of aryl methyl sites for hydroxylation is 2. The Kier molecular flexibility index (Phi) is 12.1. The van der Waals surface area contributed by atoms with Gasteiger partial charge in [0.25, 0.3) is 10.0 Å². The van der Waals surface area contributed by atoms with E-state index in [1.165, 1.54) is 16.7 Å². The van der Waals surface area contributed by atoms with Crippen molar-refractivity contribution in [2.24, 2.45) is 5.92 Å². The van der Waals surface area contributed by atoms with Gasteiger partial charge in [-0.1, -0.05) is 91.7 Å². The average Bonchev–Trinajstić information content (AvgIpc) is 3.05. The van der Waals surface area contributed by atoms with Crippen molar-refractivity contribution in [3.63, 3.8) is 0 Å². The van der Waals surface area contributed by atoms with Crippen LogP contribution in [0.3, 0.4) is 0 Å². The van der Waals surface area contributed by atoms with Gasteiger partial charge in [-0.3, -0.25) is 13.9 Å². The predicted octanol–water partition coefficient (Wildman–Crippen LogP) is 6.63. The van der Waals surface area contributed by atoms with E-state index >= 15 is 0 Å². The molecule has 0 saturated carbocycles. The van der Waals surface area contributed by atoms with Gasteiger partial charge in [0.05, 0.1) is 10.6 Å². The smallest absolute Gasteiger partial charge is 0.264 e. The number of amides is 2. The molecule has 0 saturated heterocycles. The van der Waals surface area contributed by atoms with Gasteiger partial charge in [-0.15, -0.1) is 11.8 Å². The molecule has 0 spiro atoms. The molecule has 0 aliphatic carbocycles. The maximum atomic E-state index is 14.6. The Labute approximate surface area is 278 Å². The minimum atomic E-state index is -4.15. The largest absolute Gasteiger partial charge is 0.354 e. The van der Waals surface area contributed by atoms with E-state index in [0.29, 0.717) is 12.2 Å². The molecule has 4 aromatic rings. The van der Waals surface area contributed by atoms with Crippen LogP contribution in [-0.2, 0) is 32.6 Å². The Bertz CT molecular complexity index is 1710. The summed E-state index contributed by atoms with van der Waals surface area (Å²) >= 11 is 1.52. The van der Waals surface area contributed by atoms with E-state index in [0.717, 1.165) is 31.5 Å². The highest BCUT2D eigenvalue weighted by atomic mass is 32.2. The fourth-order valence-electron chi connectivity index (χ4n) is 5.10. The fraction of sp³-hybridized carbons (Fsp3) is 0.297. The molecule has 1 N–H and O–H groups in total. The first kappa shape index (κ1) is 34.8. The molecule has 0 heterocycles. The molecule has 0 bridgehead atoms. The summed E-state index contributed by atoms with van der Waals surface area (Å²) in [5, 5.41) is 3.03. The summed E-state index contributed by atoms with van der Waals surface area (Å²) in [6, 6.07) is 30.2. The number of rotatable bonds is 14. The van der Waals surface area contributed by atoms with Crippen LogP contribution in [0.5, 0.6) is 0 Å². The summed E-state index contributed by atoms with van der Waals surface area (Å²) in [5.41, 5.74) is 4.09. The summed E-state index contributed by atoms with van der Waals surface area (Å²) in [6.07, 6.45) is 2.20. The molecule has 0 fully saturated rings. The molecule has 0 aromatic heterocycles. The molecule has 7 nitrogen and oxygen atoms in total. The molecule has 242 valence electrons. The molecule has 1 atom stereocenters. The van der Waals surface area contributed by atoms with Crippen LogP contribution in [0.4, 0.5) is 5.69 Å². The monoisotopic (exact) mass is 657 g/mol. The van der Waals surface area contributed by atoms with Crippen LogP contribution in [0.2, 0.25) is 0 Å². The van der Waals surface area contributed by atoms with Crippen LogP contribution in [-0.4, -0.2) is 50.5 Å². The Balaban J connectivity index is 1.79. The van der Waals surface area contributed by atoms with Gasteiger partial charge in [0, 0.05) is 24.4 Å². The van der Waals surface area contributed by atoms with Crippen LogP contribution < -0.4 is 9.62 Å². The number of hydrogen-bond donors (Lipinski definition) is 1. The Morgan fingerprint density at radius 1 is 0.804 bits per heavy atom. The second-order valence-corrected chi connectivity index (χ2v) is 14.6. The first-order valence-corrected chi connectivity index (χ1v) is 18.0. The van der Waals surface area contributed by atoms with Crippen molar-refractivity contribution in [2.75, 3.05) is 23.7 Å². The number of sulfonamides is 1. The van der Waals surface area contributed by atoms with Crippen molar-refractivity contribution in [1.29, 1.82) is 0 Å². The number of nitrogens with one attached hydrogen (secondary N) is 1. The molecule has 46 heavy (non-hydrogen) atoms. The molecular formula is C37H43N3O4S2. The van der Waals surface area contributed by atoms with Gasteiger partial charge in [0.15, 0.2) is 0 Å². The van der Waals surface area contributed by atoms with Gasteiger partial charge in [0.1, 0.15) is 12.6 Å². The second kappa shape index (κ2) is 16.0. The summed E-state index contributed by atoms with van der Waals surface area (Å²) in [7, 11) is -4.15. The first-order valence-electron chi connectivity index (χ1n) is 15.4. The van der Waals surface area contributed by atoms with E-state index in [9.17, 15) is 18.0 Å². The normalized spacial score (nSPS) is 12.0. The molecular weight excluding hydrogens is 615 g/mol. The summed E-state index contributed by atoms with van der Waals surface area (Å²) in [6.45, 7) is 8.02. The van der Waals surface area contributed by atoms with E-state index in [-0.39, 0.29) is 29.7 Å². The van der Waals surface area contributed by atoms with Crippen LogP contribution >= 0.6 is 11.8 Å². The molecule has 2 amide bonds. The zero-order valence-corrected chi connectivity index (χ0v) is 28.8. The van der Waals surface area contributed by atoms with Crippen molar-refractivity contribution in [3.8, 4) is 0 Å². The lowest BCUT2D eigenvalue weighted by atomic mass is 10.0. The third-order valence-electron chi connectivity index (χ3n) is 7.64. The van der Waals surface area contributed by atoms with E-state index in [4.69, 9.17) is 0 Å². The van der Waals surface area contributed by atoms with Gasteiger partial charge in [-0.2, -0.15) is 0 Å². The molecule has 0 radical (unpaired) electrons. The Morgan fingerprint density at radius 2 is 1.46 bits per heavy atom. The van der Waals surface area contributed by atoms with Gasteiger partial charge in [-0.05, 0) is 73.5 Å². The Morgan fingerprint density at radius 3 is 2.07 bits per heavy atom. The lowest BCUT2D eigenvalue weighted by Crippen LogP contribution is -2.53. The average molecular weight is 658 g/mol. The van der Waals surface area contributed by atoms with Crippen LogP contribution in [0.1, 0.15) is 36.1 Å². The maximum absolute atomic E-state index is 14.6. The van der Waals surface area contributed by atoms with Gasteiger partial charge in [-0.25, -0.2) is 8.42 Å². The standard InChI is InChI=1S/C37H43N3O4S2/c1-27(2)24-38-37(42)35(23-30-11-7-6-8-12-30)39(25-31-13-9-10-29(4)22-31)36(41)26-40(32-16-14-28(3)15-17-32)46(43,44)34-20-18-33(45-5)19-21-34/h6-22,27,35H,23-26H2,1-5H3,(H,38,42)/t35-/m1/s1. The summed E-state index contributed by atoms with van der Waals surface area (Å²) in [4.78, 5) is 31.0. The molecule has 0 unspecified atom stereocenters. The predicted molar refractivity (Wildman–Crippen MR) is 187 cm³/mol. The number of carbonyl (C=O) groups excluding carboxylic acids is 2. The maximum Gasteiger partial charge on any atom is 0.264 e. The molecule has 9 heteroatoms. The summed E-state index contributed by atoms with van der Waals surface area (Å²) < 4.78 is 29.6. The highest BCUT2D eigenvalue weighted by Crippen LogP contribution is 2.27. The fourth-order valence-corrected chi connectivity index (χ4v) is 6.92. The number of nitrogens with zero attached hydrogens (tertiary/aromatic N) is 2. The zero-order chi connectivity index (χ0) is 33.3. The van der Waals surface area contributed by atoms with E-state index < -0.39 is 28.5 Å². The van der Waals surface area contributed by atoms with Crippen molar-refractivity contribution >= 4 is 39.3 Å². The first-order chi connectivity index (χ1) is 22.0. The van der Waals surface area contributed by atoms with Crippen LogP contribution in [0.15, 0.2) is 113 Å². The van der Waals surface area contributed by atoms with Crippen molar-refractivity contribution in [2.45, 2.75) is 56.5 Å². The number of carbonyl (C=O) groups is 2. The van der Waals surface area contributed by atoms with E-state index in [1.807, 2.05) is 101 Å².